The van der Waals surface area contributed by atoms with Gasteiger partial charge in [0.2, 0.25) is 5.91 Å². The second-order valence-corrected chi connectivity index (χ2v) is 7.46. The van der Waals surface area contributed by atoms with Crippen molar-refractivity contribution in [2.75, 3.05) is 20.2 Å². The van der Waals surface area contributed by atoms with Gasteiger partial charge in [-0.15, -0.1) is 11.3 Å². The molecule has 1 aromatic heterocycles. The fraction of sp³-hybridized carbons (Fsp3) is 0.333. The zero-order chi connectivity index (χ0) is 19.2. The number of hydrogen-bond acceptors (Lipinski definition) is 5. The maximum Gasteiger partial charge on any atom is 0.250 e. The van der Waals surface area contributed by atoms with Gasteiger partial charge in [0.15, 0.2) is 0 Å². The molecule has 0 radical (unpaired) electrons. The lowest BCUT2D eigenvalue weighted by Gasteiger charge is -2.23. The first-order valence-electron chi connectivity index (χ1n) is 9.14. The Morgan fingerprint density at radius 1 is 1.26 bits per heavy atom. The second-order valence-electron chi connectivity index (χ2n) is 6.51. The third-order valence-electron chi connectivity index (χ3n) is 4.50. The van der Waals surface area contributed by atoms with Gasteiger partial charge in [0.05, 0.1) is 17.7 Å². The molecule has 1 aliphatic heterocycles. The summed E-state index contributed by atoms with van der Waals surface area (Å²) in [5.41, 5.74) is 8.77. The van der Waals surface area contributed by atoms with Crippen LogP contribution in [-0.2, 0) is 11.2 Å². The average Bonchev–Trinajstić information content (AvgIpc) is 3.04. The fourth-order valence-corrected chi connectivity index (χ4v) is 3.88. The Bertz CT molecular complexity index is 853. The minimum absolute atomic E-state index is 0.0461. The summed E-state index contributed by atoms with van der Waals surface area (Å²) in [5.74, 6) is 1.37. The molecule has 0 saturated carbocycles. The number of hydrogen-bond donors (Lipinski definition) is 1. The van der Waals surface area contributed by atoms with Crippen LogP contribution < -0.4 is 10.5 Å². The van der Waals surface area contributed by atoms with Crippen LogP contribution in [0.15, 0.2) is 46.3 Å². The largest absolute Gasteiger partial charge is 0.497 e. The van der Waals surface area contributed by atoms with Crippen molar-refractivity contribution in [2.24, 2.45) is 10.7 Å². The molecule has 1 aliphatic rings. The van der Waals surface area contributed by atoms with Gasteiger partial charge in [0.25, 0.3) is 0 Å². The first kappa shape index (κ1) is 19.2. The Hall–Kier alpha value is -2.60. The maximum atomic E-state index is 13.2. The lowest BCUT2D eigenvalue weighted by molar-refractivity contribution is -0.127. The summed E-state index contributed by atoms with van der Waals surface area (Å²) in [4.78, 5) is 20.5. The van der Waals surface area contributed by atoms with E-state index < -0.39 is 0 Å². The molecule has 0 spiro atoms. The van der Waals surface area contributed by atoms with E-state index in [1.54, 1.807) is 18.4 Å². The fourth-order valence-electron chi connectivity index (χ4n) is 3.09. The van der Waals surface area contributed by atoms with E-state index in [-0.39, 0.29) is 5.91 Å². The zero-order valence-electron chi connectivity index (χ0n) is 15.8. The summed E-state index contributed by atoms with van der Waals surface area (Å²) in [6.45, 7) is 3.48. The van der Waals surface area contributed by atoms with Gasteiger partial charge in [0.1, 0.15) is 11.6 Å². The third-order valence-corrected chi connectivity index (χ3v) is 5.35. The number of benzene rings is 1. The number of nitrogens with zero attached hydrogens (tertiary/aromatic N) is 2. The van der Waals surface area contributed by atoms with Crippen LogP contribution in [0, 0.1) is 0 Å². The number of aliphatic imine (C=N–C) groups is 1. The van der Waals surface area contributed by atoms with Crippen molar-refractivity contribution in [3.63, 3.8) is 0 Å². The molecule has 0 atom stereocenters. The zero-order valence-corrected chi connectivity index (χ0v) is 16.6. The monoisotopic (exact) mass is 383 g/mol. The molecule has 2 aromatic rings. The molecule has 6 heteroatoms. The van der Waals surface area contributed by atoms with Crippen LogP contribution in [0.25, 0.3) is 6.08 Å². The van der Waals surface area contributed by atoms with Crippen LogP contribution in [0.5, 0.6) is 5.75 Å². The molecule has 1 amide bonds. The van der Waals surface area contributed by atoms with Crippen LogP contribution in [0.1, 0.15) is 30.2 Å². The topological polar surface area (TPSA) is 67.9 Å². The number of rotatable bonds is 7. The number of nitrogens with two attached hydrogens (primary N) is 1. The first-order chi connectivity index (χ1) is 13.1. The standard InChI is InChI=1S/C21H25N3O2S/c1-3-10-24(11-8-15-4-6-17(26-2)7-5-15)21(25)16-13-19-18(9-12-27-19)23-20(22)14-16/h4-7,9,12-13H,3,8,10-11,14H2,1-2H3,(H2,22,23). The summed E-state index contributed by atoms with van der Waals surface area (Å²) in [6.07, 6.45) is 4.05. The molecule has 2 heterocycles. The van der Waals surface area contributed by atoms with Crippen molar-refractivity contribution in [1.82, 2.24) is 4.90 Å². The highest BCUT2D eigenvalue weighted by molar-refractivity contribution is 7.11. The number of thiophene rings is 1. The molecule has 0 unspecified atom stereocenters. The number of carbonyl (C=O) groups is 1. The van der Waals surface area contributed by atoms with Gasteiger partial charge in [0, 0.05) is 25.1 Å². The minimum Gasteiger partial charge on any atom is -0.497 e. The molecule has 2 N–H and O–H groups in total. The number of methoxy groups -OCH3 is 1. The van der Waals surface area contributed by atoms with Gasteiger partial charge in [-0.2, -0.15) is 0 Å². The lowest BCUT2D eigenvalue weighted by atomic mass is 10.1. The van der Waals surface area contributed by atoms with Gasteiger partial charge in [-0.25, -0.2) is 4.99 Å². The van der Waals surface area contributed by atoms with Gasteiger partial charge >= 0.3 is 0 Å². The van der Waals surface area contributed by atoms with Gasteiger partial charge in [-0.3, -0.25) is 4.79 Å². The number of amides is 1. The molecule has 0 aliphatic carbocycles. The molecule has 0 bridgehead atoms. The van der Waals surface area contributed by atoms with Crippen molar-refractivity contribution in [2.45, 2.75) is 26.2 Å². The van der Waals surface area contributed by atoms with Crippen molar-refractivity contribution < 1.29 is 9.53 Å². The third kappa shape index (κ3) is 4.77. The number of carbonyl (C=O) groups excluding carboxylic acids is 1. The maximum absolute atomic E-state index is 13.2. The summed E-state index contributed by atoms with van der Waals surface area (Å²) < 4.78 is 5.20. The van der Waals surface area contributed by atoms with Crippen LogP contribution in [-0.4, -0.2) is 36.8 Å². The van der Waals surface area contributed by atoms with Crippen molar-refractivity contribution in [3.8, 4) is 5.75 Å². The lowest BCUT2D eigenvalue weighted by Crippen LogP contribution is -2.35. The molecule has 1 aromatic carbocycles. The van der Waals surface area contributed by atoms with Gasteiger partial charge in [-0.05, 0) is 48.1 Å². The SMILES string of the molecule is CCCN(CCc1ccc(OC)cc1)C(=O)C1=Cc2sccc2N=C(N)C1. The first-order valence-corrected chi connectivity index (χ1v) is 10.0. The van der Waals surface area contributed by atoms with E-state index in [0.717, 1.165) is 35.7 Å². The normalized spacial score (nSPS) is 13.3. The van der Waals surface area contributed by atoms with Crippen LogP contribution in [0.2, 0.25) is 0 Å². The van der Waals surface area contributed by atoms with E-state index in [1.165, 1.54) is 5.56 Å². The van der Waals surface area contributed by atoms with E-state index in [0.29, 0.717) is 24.4 Å². The van der Waals surface area contributed by atoms with Crippen LogP contribution in [0.3, 0.4) is 0 Å². The molecular weight excluding hydrogens is 358 g/mol. The van der Waals surface area contributed by atoms with Gasteiger partial charge < -0.3 is 15.4 Å². The Morgan fingerprint density at radius 3 is 2.74 bits per heavy atom. The molecule has 0 fully saturated rings. The molecule has 3 rings (SSSR count). The predicted octanol–water partition coefficient (Wildman–Crippen LogP) is 4.01. The van der Waals surface area contributed by atoms with E-state index in [1.807, 2.05) is 46.7 Å². The highest BCUT2D eigenvalue weighted by atomic mass is 32.1. The van der Waals surface area contributed by atoms with Crippen LogP contribution >= 0.6 is 11.3 Å². The molecule has 142 valence electrons. The molecular formula is C21H25N3O2S. The van der Waals surface area contributed by atoms with Crippen molar-refractivity contribution in [3.05, 3.63) is 51.7 Å². The summed E-state index contributed by atoms with van der Waals surface area (Å²) in [7, 11) is 1.66. The quantitative estimate of drug-likeness (QED) is 0.785. The van der Waals surface area contributed by atoms with Crippen molar-refractivity contribution in [1.29, 1.82) is 0 Å². The van der Waals surface area contributed by atoms with Gasteiger partial charge in [-0.1, -0.05) is 19.1 Å². The Labute approximate surface area is 164 Å². The number of amidine groups is 1. The highest BCUT2D eigenvalue weighted by Gasteiger charge is 2.21. The van der Waals surface area contributed by atoms with Crippen LogP contribution in [0.4, 0.5) is 5.69 Å². The van der Waals surface area contributed by atoms with E-state index in [9.17, 15) is 4.79 Å². The smallest absolute Gasteiger partial charge is 0.250 e. The summed E-state index contributed by atoms with van der Waals surface area (Å²) in [6, 6.07) is 9.92. The highest BCUT2D eigenvalue weighted by Crippen LogP contribution is 2.31. The summed E-state index contributed by atoms with van der Waals surface area (Å²) in [5, 5.41) is 1.97. The van der Waals surface area contributed by atoms with E-state index >= 15 is 0 Å². The van der Waals surface area contributed by atoms with E-state index in [4.69, 9.17) is 10.5 Å². The number of fused-ring (bicyclic) bond motifs is 1. The van der Waals surface area contributed by atoms with E-state index in [2.05, 4.69) is 11.9 Å². The Kier molecular flexibility index (Phi) is 6.29. The molecule has 27 heavy (non-hydrogen) atoms. The molecule has 0 saturated heterocycles. The predicted molar refractivity (Wildman–Crippen MR) is 112 cm³/mol. The second kappa shape index (κ2) is 8.86. The molecule has 5 nitrogen and oxygen atoms in total. The van der Waals surface area contributed by atoms with Crippen molar-refractivity contribution >= 4 is 34.8 Å². The summed E-state index contributed by atoms with van der Waals surface area (Å²) >= 11 is 1.58. The Morgan fingerprint density at radius 2 is 2.04 bits per heavy atom. The minimum atomic E-state index is 0.0461. The average molecular weight is 384 g/mol. The number of ether oxygens (including phenoxy) is 1. The Balaban J connectivity index is 1.74.